The number of fused-ring (bicyclic) bond motifs is 4. The average molecular weight is 842 g/mol. The van der Waals surface area contributed by atoms with E-state index in [9.17, 15) is 35.9 Å². The van der Waals surface area contributed by atoms with Gasteiger partial charge in [-0.05, 0) is 50.1 Å². The van der Waals surface area contributed by atoms with Crippen LogP contribution in [0, 0.1) is 20.8 Å². The number of aryl methyl sites for hydroxylation is 3. The lowest BCUT2D eigenvalue weighted by atomic mass is 9.91. The number of alkyl halides is 6. The van der Waals surface area contributed by atoms with E-state index in [4.69, 9.17) is 19.2 Å². The van der Waals surface area contributed by atoms with Gasteiger partial charge in [-0.2, -0.15) is 36.5 Å². The molecule has 2 spiro atoms. The molecule has 9 rings (SSSR count). The first-order chi connectivity index (χ1) is 27.9. The van der Waals surface area contributed by atoms with Gasteiger partial charge in [0.2, 0.25) is 0 Å². The van der Waals surface area contributed by atoms with Gasteiger partial charge in [0.15, 0.2) is 0 Å². The van der Waals surface area contributed by atoms with E-state index in [0.29, 0.717) is 71.3 Å². The van der Waals surface area contributed by atoms with Crippen molar-refractivity contribution in [2.45, 2.75) is 77.6 Å². The summed E-state index contributed by atoms with van der Waals surface area (Å²) in [6.45, 7) is 4.35. The molecule has 0 aromatic carbocycles. The predicted molar refractivity (Wildman–Crippen MR) is 204 cm³/mol. The van der Waals surface area contributed by atoms with E-state index < -0.39 is 36.5 Å². The van der Waals surface area contributed by atoms with E-state index in [1.54, 1.807) is 31.6 Å². The molecule has 4 aliphatic heterocycles. The van der Waals surface area contributed by atoms with Crippen LogP contribution in [0.1, 0.15) is 69.2 Å². The quantitative estimate of drug-likeness (QED) is 0.166. The third-order valence-electron chi connectivity index (χ3n) is 10.8. The Kier molecular flexibility index (Phi) is 10.8. The van der Waals surface area contributed by atoms with Crippen molar-refractivity contribution in [1.29, 1.82) is 0 Å². The van der Waals surface area contributed by atoms with Crippen molar-refractivity contribution < 1.29 is 50.1 Å². The number of rotatable bonds is 6. The molecule has 2 fully saturated rings. The van der Waals surface area contributed by atoms with Gasteiger partial charge in [0.05, 0.1) is 78.5 Å². The van der Waals surface area contributed by atoms with E-state index in [0.717, 1.165) is 26.2 Å². The second kappa shape index (κ2) is 15.3. The van der Waals surface area contributed by atoms with E-state index >= 15 is 0 Å². The molecular formula is C40H41F6N9O5. The first-order valence-electron chi connectivity index (χ1n) is 18.5. The van der Waals surface area contributed by atoms with Crippen molar-refractivity contribution in [1.82, 2.24) is 34.5 Å². The molecule has 4 aliphatic rings. The molecule has 9 heterocycles. The SMILES string of the molecule is C.COc1cncc(-c2cc(C)c3c(n2)C2(CCOC2)N(c2cnn(CC(F)(F)F)c2)C3=O)c1.Cc1cc(C)c2c(n1)C1(CCOC1)N(c1cnn(CC(F)(F)F)c1)C2=O. The van der Waals surface area contributed by atoms with Crippen LogP contribution in [-0.2, 0) is 33.6 Å². The summed E-state index contributed by atoms with van der Waals surface area (Å²) in [4.78, 5) is 43.3. The first kappa shape index (κ1) is 42.2. The number of halogens is 6. The minimum Gasteiger partial charge on any atom is -0.495 e. The van der Waals surface area contributed by atoms with Gasteiger partial charge in [-0.25, -0.2) is 4.98 Å². The molecule has 318 valence electrons. The fourth-order valence-corrected chi connectivity index (χ4v) is 8.41. The van der Waals surface area contributed by atoms with Crippen LogP contribution < -0.4 is 14.5 Å². The third kappa shape index (κ3) is 7.35. The zero-order valence-electron chi connectivity index (χ0n) is 32.2. The maximum Gasteiger partial charge on any atom is 0.408 e. The van der Waals surface area contributed by atoms with E-state index in [-0.39, 0.29) is 38.1 Å². The lowest BCUT2D eigenvalue weighted by Gasteiger charge is -2.32. The number of carbonyl (C=O) groups is 2. The summed E-state index contributed by atoms with van der Waals surface area (Å²) >= 11 is 0. The van der Waals surface area contributed by atoms with Crippen molar-refractivity contribution in [3.05, 3.63) is 94.7 Å². The maximum atomic E-state index is 13.6. The highest BCUT2D eigenvalue weighted by atomic mass is 19.4. The van der Waals surface area contributed by atoms with Crippen LogP contribution >= 0.6 is 0 Å². The molecule has 5 aromatic rings. The molecule has 2 atom stereocenters. The normalized spacial score (nSPS) is 20.8. The van der Waals surface area contributed by atoms with E-state index in [1.807, 2.05) is 26.8 Å². The first-order valence-corrected chi connectivity index (χ1v) is 18.5. The molecular weight excluding hydrogens is 800 g/mol. The Morgan fingerprint density at radius 2 is 1.22 bits per heavy atom. The molecule has 2 amide bonds. The number of nitrogens with zero attached hydrogens (tertiary/aromatic N) is 9. The van der Waals surface area contributed by atoms with Crippen molar-refractivity contribution in [2.24, 2.45) is 0 Å². The summed E-state index contributed by atoms with van der Waals surface area (Å²) in [6.07, 6.45) is 0.477. The average Bonchev–Trinajstić information content (AvgIpc) is 4.02. The predicted octanol–water partition coefficient (Wildman–Crippen LogP) is 6.86. The lowest BCUT2D eigenvalue weighted by Crippen LogP contribution is -2.45. The number of hydrogen-bond donors (Lipinski definition) is 0. The molecule has 20 heteroatoms. The van der Waals surface area contributed by atoms with Crippen LogP contribution in [0.25, 0.3) is 11.3 Å². The molecule has 0 bridgehead atoms. The minimum atomic E-state index is -4.42. The Bertz CT molecular complexity index is 2450. The van der Waals surface area contributed by atoms with Crippen molar-refractivity contribution in [3.63, 3.8) is 0 Å². The third-order valence-corrected chi connectivity index (χ3v) is 10.8. The smallest absolute Gasteiger partial charge is 0.408 e. The number of carbonyl (C=O) groups excluding carboxylic acids is 2. The maximum absolute atomic E-state index is 13.6. The summed E-state index contributed by atoms with van der Waals surface area (Å²) in [5.41, 5.74) is 4.63. The Morgan fingerprint density at radius 1 is 0.717 bits per heavy atom. The van der Waals surface area contributed by atoms with Gasteiger partial charge < -0.3 is 14.2 Å². The summed E-state index contributed by atoms with van der Waals surface area (Å²) in [5, 5.41) is 7.60. The number of methoxy groups -OCH3 is 1. The Hall–Kier alpha value is -5.89. The van der Waals surface area contributed by atoms with E-state index in [2.05, 4.69) is 20.2 Å². The molecule has 14 nitrogen and oxygen atoms in total. The fraction of sp³-hybridized carbons (Fsp3) is 0.425. The van der Waals surface area contributed by atoms with Gasteiger partial charge in [0.1, 0.15) is 29.9 Å². The van der Waals surface area contributed by atoms with Gasteiger partial charge >= 0.3 is 12.4 Å². The summed E-state index contributed by atoms with van der Waals surface area (Å²) < 4.78 is 94.5. The summed E-state index contributed by atoms with van der Waals surface area (Å²) in [7, 11) is 1.54. The highest BCUT2D eigenvalue weighted by molar-refractivity contribution is 6.13. The van der Waals surface area contributed by atoms with Gasteiger partial charge in [0, 0.05) is 55.9 Å². The van der Waals surface area contributed by atoms with Crippen LogP contribution in [0.3, 0.4) is 0 Å². The Morgan fingerprint density at radius 3 is 1.68 bits per heavy atom. The van der Waals surface area contributed by atoms with Crippen molar-refractivity contribution in [2.75, 3.05) is 43.3 Å². The second-order valence-corrected chi connectivity index (χ2v) is 14.9. The summed E-state index contributed by atoms with van der Waals surface area (Å²) in [6, 6.07) is 5.43. The standard InChI is InChI=1S/C22H20F3N5O3.C17H17F3N4O2.CH4/c1-13-5-17(14-6-16(32-2)9-26-7-14)28-19-18(13)20(31)30(21(19)3-4-33-12-21)15-8-27-29(10-15)11-22(23,24)25;1-10-5-11(2)22-14-13(10)15(25)24(16(14)3-4-26-9-16)12-6-21-23(7-12)8-17(18,19)20;/h5-10H,3-4,11-12H2,1-2H3;5-7H,3-4,8-9H2,1-2H3;1H4. The number of anilines is 2. The van der Waals surface area contributed by atoms with Gasteiger partial charge in [0.25, 0.3) is 11.8 Å². The van der Waals surface area contributed by atoms with Gasteiger partial charge in [-0.3, -0.25) is 38.7 Å². The molecule has 2 unspecified atom stereocenters. The fourth-order valence-electron chi connectivity index (χ4n) is 8.41. The van der Waals surface area contributed by atoms with E-state index in [1.165, 1.54) is 34.6 Å². The number of pyridine rings is 3. The topological polar surface area (TPSA) is 143 Å². The molecule has 0 aliphatic carbocycles. The van der Waals surface area contributed by atoms with Crippen molar-refractivity contribution in [3.8, 4) is 17.0 Å². The highest BCUT2D eigenvalue weighted by Gasteiger charge is 2.56. The number of ether oxygens (including phenoxy) is 3. The monoisotopic (exact) mass is 841 g/mol. The Balaban J connectivity index is 0.000000183. The lowest BCUT2D eigenvalue weighted by molar-refractivity contribution is -0.143. The molecule has 0 saturated carbocycles. The number of hydrogen-bond acceptors (Lipinski definition) is 10. The minimum absolute atomic E-state index is 0. The van der Waals surface area contributed by atoms with Crippen LogP contribution in [-0.4, -0.2) is 92.2 Å². The number of aromatic nitrogens is 7. The number of amides is 2. The molecule has 0 radical (unpaired) electrons. The largest absolute Gasteiger partial charge is 0.495 e. The van der Waals surface area contributed by atoms with Crippen LogP contribution in [0.15, 0.2) is 55.4 Å². The molecule has 0 N–H and O–H groups in total. The zero-order valence-corrected chi connectivity index (χ0v) is 32.2. The molecule has 5 aromatic heterocycles. The highest BCUT2D eigenvalue weighted by Crippen LogP contribution is 2.49. The van der Waals surface area contributed by atoms with Crippen LogP contribution in [0.2, 0.25) is 0 Å². The van der Waals surface area contributed by atoms with Gasteiger partial charge in [-0.1, -0.05) is 7.43 Å². The second-order valence-electron chi connectivity index (χ2n) is 14.9. The molecule has 2 saturated heterocycles. The van der Waals surface area contributed by atoms with Gasteiger partial charge in [-0.15, -0.1) is 0 Å². The van der Waals surface area contributed by atoms with Crippen LogP contribution in [0.4, 0.5) is 37.7 Å². The Labute approximate surface area is 340 Å². The molecule has 60 heavy (non-hydrogen) atoms. The summed E-state index contributed by atoms with van der Waals surface area (Å²) in [5.74, 6) is -0.0365. The van der Waals surface area contributed by atoms with Crippen LogP contribution in [0.5, 0.6) is 5.75 Å². The van der Waals surface area contributed by atoms with Crippen molar-refractivity contribution >= 4 is 23.2 Å². The zero-order chi connectivity index (χ0) is 42.1.